The summed E-state index contributed by atoms with van der Waals surface area (Å²) in [4.78, 5) is 31.5. The first-order chi connectivity index (χ1) is 17.9. The largest absolute Gasteiger partial charge is 0.507 e. The molecule has 6 nitrogen and oxygen atoms in total. The van der Waals surface area contributed by atoms with Crippen molar-refractivity contribution in [2.24, 2.45) is 0 Å². The monoisotopic (exact) mass is 496 g/mol. The van der Waals surface area contributed by atoms with Crippen molar-refractivity contribution in [3.8, 4) is 5.75 Å². The zero-order valence-electron chi connectivity index (χ0n) is 20.2. The summed E-state index contributed by atoms with van der Waals surface area (Å²) in [6, 6.07) is 18.3. The summed E-state index contributed by atoms with van der Waals surface area (Å²) in [6.45, 7) is 2.20. The summed E-state index contributed by atoms with van der Waals surface area (Å²) in [5.41, 5.74) is 3.91. The number of aromatic amines is 1. The van der Waals surface area contributed by atoms with E-state index < -0.39 is 17.7 Å². The number of H-pyrrole nitrogens is 1. The number of aliphatic hydroxyl groups is 1. The summed E-state index contributed by atoms with van der Waals surface area (Å²) in [5, 5.41) is 12.3. The molecule has 37 heavy (non-hydrogen) atoms. The van der Waals surface area contributed by atoms with Gasteiger partial charge in [0.05, 0.1) is 11.6 Å². The van der Waals surface area contributed by atoms with E-state index in [1.54, 1.807) is 30.5 Å². The van der Waals surface area contributed by atoms with Gasteiger partial charge in [0.25, 0.3) is 11.7 Å². The van der Waals surface area contributed by atoms with E-state index in [4.69, 9.17) is 4.74 Å². The number of halogens is 1. The van der Waals surface area contributed by atoms with Gasteiger partial charge in [-0.05, 0) is 60.9 Å². The van der Waals surface area contributed by atoms with Crippen LogP contribution in [0.1, 0.15) is 35.2 Å². The van der Waals surface area contributed by atoms with Crippen molar-refractivity contribution in [2.75, 3.05) is 6.54 Å². The van der Waals surface area contributed by atoms with Crippen LogP contribution in [0.25, 0.3) is 16.7 Å². The Morgan fingerprint density at radius 3 is 2.70 bits per heavy atom. The van der Waals surface area contributed by atoms with Gasteiger partial charge in [-0.3, -0.25) is 9.59 Å². The molecule has 2 unspecified atom stereocenters. The zero-order valence-corrected chi connectivity index (χ0v) is 20.2. The van der Waals surface area contributed by atoms with Crippen LogP contribution in [0.15, 0.2) is 78.5 Å². The first-order valence-electron chi connectivity index (χ1n) is 12.3. The fourth-order valence-electron chi connectivity index (χ4n) is 5.38. The van der Waals surface area contributed by atoms with E-state index >= 15 is 0 Å². The highest BCUT2D eigenvalue weighted by molar-refractivity contribution is 6.46. The Labute approximate surface area is 213 Å². The van der Waals surface area contributed by atoms with Gasteiger partial charge in [0.15, 0.2) is 0 Å². The highest BCUT2D eigenvalue weighted by Crippen LogP contribution is 2.42. The normalized spacial score (nSPS) is 20.4. The quantitative estimate of drug-likeness (QED) is 0.223. The number of nitrogens with zero attached hydrogens (tertiary/aromatic N) is 1. The van der Waals surface area contributed by atoms with Crippen LogP contribution in [0, 0.1) is 5.82 Å². The second kappa shape index (κ2) is 8.92. The number of carbonyl (C=O) groups excluding carboxylic acids is 2. The molecule has 1 amide bonds. The smallest absolute Gasteiger partial charge is 0.295 e. The fourth-order valence-corrected chi connectivity index (χ4v) is 5.38. The Balaban J connectivity index is 1.45. The van der Waals surface area contributed by atoms with E-state index in [0.717, 1.165) is 33.3 Å². The second-order valence-corrected chi connectivity index (χ2v) is 9.61. The van der Waals surface area contributed by atoms with E-state index in [0.29, 0.717) is 18.4 Å². The number of aromatic nitrogens is 1. The molecule has 6 rings (SSSR count). The number of fused-ring (bicyclic) bond motifs is 2. The van der Waals surface area contributed by atoms with Crippen LogP contribution in [-0.2, 0) is 22.4 Å². The van der Waals surface area contributed by atoms with Crippen LogP contribution in [0.3, 0.4) is 0 Å². The molecule has 186 valence electrons. The third-order valence-electron chi connectivity index (χ3n) is 7.18. The van der Waals surface area contributed by atoms with Crippen molar-refractivity contribution < 1.29 is 23.8 Å². The maximum atomic E-state index is 13.4. The van der Waals surface area contributed by atoms with E-state index in [9.17, 15) is 19.1 Å². The molecule has 2 N–H and O–H groups in total. The Kier molecular flexibility index (Phi) is 5.56. The molecule has 2 aliphatic rings. The maximum Gasteiger partial charge on any atom is 0.295 e. The lowest BCUT2D eigenvalue weighted by atomic mass is 9.94. The molecule has 0 saturated carbocycles. The number of para-hydroxylation sites is 1. The lowest BCUT2D eigenvalue weighted by Gasteiger charge is -2.25. The molecule has 1 aromatic heterocycles. The van der Waals surface area contributed by atoms with E-state index in [1.165, 1.54) is 17.0 Å². The van der Waals surface area contributed by atoms with Crippen LogP contribution >= 0.6 is 0 Å². The number of ether oxygens (including phenoxy) is 1. The Morgan fingerprint density at radius 2 is 1.89 bits per heavy atom. The van der Waals surface area contributed by atoms with Crippen molar-refractivity contribution >= 4 is 28.4 Å². The lowest BCUT2D eigenvalue weighted by Crippen LogP contribution is -2.31. The zero-order chi connectivity index (χ0) is 25.7. The number of benzene rings is 3. The molecule has 2 aliphatic heterocycles. The molecule has 0 spiro atoms. The topological polar surface area (TPSA) is 82.6 Å². The van der Waals surface area contributed by atoms with Crippen molar-refractivity contribution in [1.29, 1.82) is 0 Å². The minimum atomic E-state index is -0.778. The van der Waals surface area contributed by atoms with E-state index in [2.05, 4.69) is 4.98 Å². The molecule has 4 aromatic rings. The number of carbonyl (C=O) groups is 2. The Bertz CT molecular complexity index is 1570. The number of amides is 1. The number of Topliss-reactive ketones (excluding diaryl/α,β-unsaturated/α-hetero) is 1. The maximum absolute atomic E-state index is 13.4. The summed E-state index contributed by atoms with van der Waals surface area (Å²) in [5.74, 6) is -1.18. The number of hydrogen-bond acceptors (Lipinski definition) is 4. The van der Waals surface area contributed by atoms with Gasteiger partial charge in [0.1, 0.15) is 23.4 Å². The van der Waals surface area contributed by atoms with Gasteiger partial charge in [0, 0.05) is 41.2 Å². The number of likely N-dealkylation sites (tertiary alicyclic amines) is 1. The van der Waals surface area contributed by atoms with Gasteiger partial charge < -0.3 is 19.7 Å². The predicted molar refractivity (Wildman–Crippen MR) is 138 cm³/mol. The highest BCUT2D eigenvalue weighted by atomic mass is 19.1. The molecule has 1 fully saturated rings. The Morgan fingerprint density at radius 1 is 1.11 bits per heavy atom. The molecule has 7 heteroatoms. The minimum absolute atomic E-state index is 0.0376. The molecular formula is C30H25FN2O4. The van der Waals surface area contributed by atoms with Crippen molar-refractivity contribution in [3.05, 3.63) is 107 Å². The summed E-state index contributed by atoms with van der Waals surface area (Å²) in [6.07, 6.45) is 2.96. The van der Waals surface area contributed by atoms with Gasteiger partial charge >= 0.3 is 0 Å². The van der Waals surface area contributed by atoms with Gasteiger partial charge in [0.2, 0.25) is 0 Å². The van der Waals surface area contributed by atoms with E-state index in [1.807, 2.05) is 37.3 Å². The second-order valence-electron chi connectivity index (χ2n) is 9.61. The van der Waals surface area contributed by atoms with Crippen molar-refractivity contribution in [3.63, 3.8) is 0 Å². The molecule has 0 radical (unpaired) electrons. The van der Waals surface area contributed by atoms with Gasteiger partial charge in [-0.1, -0.05) is 30.3 Å². The molecule has 3 heterocycles. The lowest BCUT2D eigenvalue weighted by molar-refractivity contribution is -0.139. The number of hydrogen-bond donors (Lipinski definition) is 2. The van der Waals surface area contributed by atoms with Gasteiger partial charge in [-0.2, -0.15) is 0 Å². The first-order valence-corrected chi connectivity index (χ1v) is 12.3. The van der Waals surface area contributed by atoms with E-state index in [-0.39, 0.29) is 29.8 Å². The number of rotatable bonds is 5. The number of nitrogens with one attached hydrogen (secondary N) is 1. The molecular weight excluding hydrogens is 471 g/mol. The molecule has 2 atom stereocenters. The summed E-state index contributed by atoms with van der Waals surface area (Å²) < 4.78 is 19.2. The van der Waals surface area contributed by atoms with Crippen LogP contribution in [0.2, 0.25) is 0 Å². The average molecular weight is 497 g/mol. The van der Waals surface area contributed by atoms with Crippen molar-refractivity contribution in [2.45, 2.75) is 31.9 Å². The predicted octanol–water partition coefficient (Wildman–Crippen LogP) is 5.29. The average Bonchev–Trinajstić information content (AvgIpc) is 3.56. The fraction of sp³-hybridized carbons (Fsp3) is 0.200. The summed E-state index contributed by atoms with van der Waals surface area (Å²) in [7, 11) is 0. The number of aliphatic hydroxyl groups excluding tert-OH is 1. The first kappa shape index (κ1) is 23.0. The third kappa shape index (κ3) is 3.96. The minimum Gasteiger partial charge on any atom is -0.507 e. The van der Waals surface area contributed by atoms with Gasteiger partial charge in [-0.25, -0.2) is 4.39 Å². The molecule has 3 aromatic carbocycles. The third-order valence-corrected chi connectivity index (χ3v) is 7.18. The van der Waals surface area contributed by atoms with Crippen LogP contribution in [0.5, 0.6) is 5.75 Å². The van der Waals surface area contributed by atoms with Crippen LogP contribution in [-0.4, -0.2) is 39.3 Å². The highest BCUT2D eigenvalue weighted by Gasteiger charge is 2.46. The van der Waals surface area contributed by atoms with Gasteiger partial charge in [-0.15, -0.1) is 0 Å². The van der Waals surface area contributed by atoms with Crippen molar-refractivity contribution in [1.82, 2.24) is 9.88 Å². The van der Waals surface area contributed by atoms with Crippen LogP contribution < -0.4 is 4.74 Å². The standard InChI is InChI=1S/C30H25FN2O4/c1-17-14-20-15-19(8-11-25(20)37-17)28(34)26-27(23-16-32-24-5-3-2-4-22(23)24)33(30(36)29(26)35)13-12-18-6-9-21(31)10-7-18/h2-11,15-17,27,32,34H,12-14H2,1H3/b28-26+. The summed E-state index contributed by atoms with van der Waals surface area (Å²) >= 11 is 0. The number of ketones is 1. The van der Waals surface area contributed by atoms with Crippen LogP contribution in [0.4, 0.5) is 4.39 Å². The molecule has 0 bridgehead atoms. The SMILES string of the molecule is CC1Cc2cc(/C(O)=C3\C(=O)C(=O)N(CCc4ccc(F)cc4)C3c3c[nH]c4ccccc34)ccc2O1. The molecule has 0 aliphatic carbocycles. The Hall–Kier alpha value is -4.39. The molecule has 1 saturated heterocycles.